The topological polar surface area (TPSA) is 119 Å². The second kappa shape index (κ2) is 5.80. The number of nitrogens with zero attached hydrogens (tertiary/aromatic N) is 5. The minimum Gasteiger partial charge on any atom is -0.481 e. The van der Waals surface area contributed by atoms with Gasteiger partial charge in [-0.3, -0.25) is 19.0 Å². The van der Waals surface area contributed by atoms with E-state index < -0.39 is 35.1 Å². The third kappa shape index (κ3) is 2.35. The fraction of sp³-hybridized carbons (Fsp3) is 0.588. The third-order valence-corrected chi connectivity index (χ3v) is 6.14. The Bertz CT molecular complexity index is 1080. The summed E-state index contributed by atoms with van der Waals surface area (Å²) in [5.41, 5.74) is -1.58. The van der Waals surface area contributed by atoms with Crippen LogP contribution in [0.3, 0.4) is 0 Å². The molecule has 2 aliphatic rings. The van der Waals surface area contributed by atoms with Gasteiger partial charge in [0.05, 0.1) is 11.7 Å². The summed E-state index contributed by atoms with van der Waals surface area (Å²) in [6.07, 6.45) is 3.62. The van der Waals surface area contributed by atoms with Crippen molar-refractivity contribution in [2.75, 3.05) is 13.1 Å². The van der Waals surface area contributed by atoms with Gasteiger partial charge in [0.15, 0.2) is 11.2 Å². The van der Waals surface area contributed by atoms with E-state index in [9.17, 15) is 24.3 Å². The zero-order valence-electron chi connectivity index (χ0n) is 15.2. The second-order valence-corrected chi connectivity index (χ2v) is 7.59. The largest absolute Gasteiger partial charge is 0.481 e. The molecule has 10 heteroatoms. The van der Waals surface area contributed by atoms with Crippen molar-refractivity contribution in [2.45, 2.75) is 25.8 Å². The molecule has 0 spiro atoms. The summed E-state index contributed by atoms with van der Waals surface area (Å²) in [6, 6.07) is 0. The van der Waals surface area contributed by atoms with E-state index in [0.717, 1.165) is 17.4 Å². The zero-order chi connectivity index (χ0) is 19.5. The lowest BCUT2D eigenvalue weighted by Crippen LogP contribution is -2.45. The minimum atomic E-state index is -0.891. The van der Waals surface area contributed by atoms with Crippen LogP contribution in [0.5, 0.6) is 0 Å². The highest BCUT2D eigenvalue weighted by Gasteiger charge is 2.55. The van der Waals surface area contributed by atoms with E-state index in [2.05, 4.69) is 4.98 Å². The molecule has 2 aromatic rings. The van der Waals surface area contributed by atoms with Gasteiger partial charge in [-0.15, -0.1) is 0 Å². The molecule has 27 heavy (non-hydrogen) atoms. The maximum Gasteiger partial charge on any atom is 0.332 e. The van der Waals surface area contributed by atoms with Crippen LogP contribution in [0.2, 0.25) is 0 Å². The summed E-state index contributed by atoms with van der Waals surface area (Å²) in [4.78, 5) is 55.4. The van der Waals surface area contributed by atoms with E-state index >= 15 is 0 Å². The minimum absolute atomic E-state index is 0.0712. The third-order valence-electron chi connectivity index (χ3n) is 6.14. The van der Waals surface area contributed by atoms with Gasteiger partial charge in [-0.2, -0.15) is 0 Å². The molecule has 1 saturated heterocycles. The van der Waals surface area contributed by atoms with Crippen molar-refractivity contribution in [1.82, 2.24) is 23.6 Å². The van der Waals surface area contributed by atoms with Crippen LogP contribution in [-0.2, 0) is 30.2 Å². The van der Waals surface area contributed by atoms with Crippen LogP contribution >= 0.6 is 0 Å². The first-order valence-electron chi connectivity index (χ1n) is 8.88. The molecule has 1 aliphatic heterocycles. The van der Waals surface area contributed by atoms with Crippen molar-refractivity contribution < 1.29 is 14.7 Å². The molecule has 2 atom stereocenters. The quantitative estimate of drug-likeness (QED) is 0.746. The summed E-state index contributed by atoms with van der Waals surface area (Å²) in [6.45, 7) is 0.0814. The van der Waals surface area contributed by atoms with Crippen molar-refractivity contribution in [3.8, 4) is 0 Å². The highest BCUT2D eigenvalue weighted by Crippen LogP contribution is 2.48. The molecule has 3 heterocycles. The van der Waals surface area contributed by atoms with Gasteiger partial charge in [-0.25, -0.2) is 14.3 Å². The number of imidazole rings is 1. The average molecular weight is 375 g/mol. The van der Waals surface area contributed by atoms with Crippen LogP contribution in [0.15, 0.2) is 15.9 Å². The molecule has 1 saturated carbocycles. The average Bonchev–Trinajstić information content (AvgIpc) is 3.28. The van der Waals surface area contributed by atoms with Crippen LogP contribution in [0.1, 0.15) is 19.3 Å². The number of hydrogen-bond donors (Lipinski definition) is 1. The Balaban J connectivity index is 1.67. The van der Waals surface area contributed by atoms with Gasteiger partial charge < -0.3 is 14.6 Å². The Morgan fingerprint density at radius 2 is 2.07 bits per heavy atom. The number of aryl methyl sites for hydroxylation is 2. The molecule has 4 rings (SSSR count). The monoisotopic (exact) mass is 375 g/mol. The molecular weight excluding hydrogens is 354 g/mol. The number of carboxylic acid groups (broad SMARTS) is 1. The first-order chi connectivity index (χ1) is 12.8. The van der Waals surface area contributed by atoms with Crippen LogP contribution in [-0.4, -0.2) is 53.7 Å². The highest BCUT2D eigenvalue weighted by atomic mass is 16.4. The lowest BCUT2D eigenvalue weighted by molar-refractivity contribution is -0.149. The number of aliphatic carboxylic acids is 1. The van der Waals surface area contributed by atoms with Crippen LogP contribution < -0.4 is 11.2 Å². The Kier molecular flexibility index (Phi) is 3.76. The van der Waals surface area contributed by atoms with Gasteiger partial charge in [0.2, 0.25) is 5.91 Å². The molecule has 1 amide bonds. The van der Waals surface area contributed by atoms with E-state index in [1.165, 1.54) is 27.4 Å². The van der Waals surface area contributed by atoms with E-state index in [4.69, 9.17) is 0 Å². The Morgan fingerprint density at radius 3 is 2.74 bits per heavy atom. The van der Waals surface area contributed by atoms with Crippen molar-refractivity contribution in [3.05, 3.63) is 27.2 Å². The van der Waals surface area contributed by atoms with Crippen molar-refractivity contribution >= 4 is 23.0 Å². The number of fused-ring (bicyclic) bond motifs is 2. The Labute approximate surface area is 153 Å². The van der Waals surface area contributed by atoms with Crippen molar-refractivity contribution in [2.24, 2.45) is 25.4 Å². The van der Waals surface area contributed by atoms with Gasteiger partial charge in [-0.1, -0.05) is 6.42 Å². The van der Waals surface area contributed by atoms with E-state index in [1.807, 2.05) is 0 Å². The molecule has 10 nitrogen and oxygen atoms in total. The van der Waals surface area contributed by atoms with Crippen LogP contribution in [0, 0.1) is 11.3 Å². The highest BCUT2D eigenvalue weighted by molar-refractivity contribution is 5.81. The number of carboxylic acids is 1. The second-order valence-electron chi connectivity index (χ2n) is 7.59. The number of amides is 1. The summed E-state index contributed by atoms with van der Waals surface area (Å²) in [5, 5.41) is 9.66. The normalized spacial score (nSPS) is 24.5. The summed E-state index contributed by atoms with van der Waals surface area (Å²) < 4.78 is 3.65. The number of rotatable bonds is 3. The molecule has 2 fully saturated rings. The summed E-state index contributed by atoms with van der Waals surface area (Å²) in [7, 11) is 3.14. The summed E-state index contributed by atoms with van der Waals surface area (Å²) in [5.74, 6) is -1.35. The van der Waals surface area contributed by atoms with Gasteiger partial charge in [0.25, 0.3) is 5.56 Å². The molecule has 0 aromatic carbocycles. The van der Waals surface area contributed by atoms with Crippen molar-refractivity contribution in [1.29, 1.82) is 0 Å². The number of aromatic nitrogens is 4. The van der Waals surface area contributed by atoms with Gasteiger partial charge in [-0.05, 0) is 18.8 Å². The number of carbonyl (C=O) groups is 2. The van der Waals surface area contributed by atoms with Gasteiger partial charge in [0.1, 0.15) is 6.54 Å². The first kappa shape index (κ1) is 17.5. The smallest absolute Gasteiger partial charge is 0.332 e. The molecule has 0 radical (unpaired) electrons. The molecule has 2 aromatic heterocycles. The van der Waals surface area contributed by atoms with E-state index in [-0.39, 0.29) is 23.6 Å². The Morgan fingerprint density at radius 1 is 1.33 bits per heavy atom. The molecular formula is C17H21N5O5. The maximum absolute atomic E-state index is 12.8. The predicted molar refractivity (Wildman–Crippen MR) is 94.2 cm³/mol. The van der Waals surface area contributed by atoms with Gasteiger partial charge in [0, 0.05) is 27.2 Å². The zero-order valence-corrected chi connectivity index (χ0v) is 15.2. The molecule has 1 N–H and O–H groups in total. The fourth-order valence-electron chi connectivity index (χ4n) is 4.60. The number of carbonyl (C=O) groups excluding carboxylic acids is 1. The molecule has 1 aliphatic carbocycles. The van der Waals surface area contributed by atoms with Gasteiger partial charge >= 0.3 is 11.7 Å². The Hall–Kier alpha value is -2.91. The fourth-order valence-corrected chi connectivity index (χ4v) is 4.60. The van der Waals surface area contributed by atoms with Crippen molar-refractivity contribution in [3.63, 3.8) is 0 Å². The molecule has 0 unspecified atom stereocenters. The lowest BCUT2D eigenvalue weighted by atomic mass is 9.81. The van der Waals surface area contributed by atoms with E-state index in [1.54, 1.807) is 7.05 Å². The maximum atomic E-state index is 12.8. The summed E-state index contributed by atoms with van der Waals surface area (Å²) >= 11 is 0. The SMILES string of the molecule is Cn1cnc2c1c(=O)n(CC(=O)N1C[C@@H]3CCC[C@@]3(C(=O)O)C1)c(=O)n2C. The molecule has 0 bridgehead atoms. The van der Waals surface area contributed by atoms with E-state index in [0.29, 0.717) is 13.0 Å². The molecule has 144 valence electrons. The van der Waals surface area contributed by atoms with Crippen LogP contribution in [0.25, 0.3) is 11.2 Å². The van der Waals surface area contributed by atoms with Crippen LogP contribution in [0.4, 0.5) is 0 Å². The predicted octanol–water partition coefficient (Wildman–Crippen LogP) is -0.853. The number of hydrogen-bond acceptors (Lipinski definition) is 5. The first-order valence-corrected chi connectivity index (χ1v) is 8.88. The lowest BCUT2D eigenvalue weighted by Gasteiger charge is -2.23. The standard InChI is InChI=1S/C17H21N5O5/c1-19-9-18-13-12(19)14(24)22(16(27)20(13)2)7-11(23)21-6-10-4-3-5-17(10,8-21)15(25)26/h9-10H,3-8H2,1-2H3,(H,25,26)/t10-,17+/m0/s1. The number of likely N-dealkylation sites (tertiary alicyclic amines) is 1.